The zero-order chi connectivity index (χ0) is 19.4. The molecule has 0 radical (unpaired) electrons. The molecule has 3 N–H and O–H groups in total. The van der Waals surface area contributed by atoms with Gasteiger partial charge in [-0.25, -0.2) is 4.99 Å². The van der Waals surface area contributed by atoms with Crippen LogP contribution >= 0.6 is 0 Å². The molecule has 2 aromatic carbocycles. The highest BCUT2D eigenvalue weighted by Gasteiger charge is 2.15. The summed E-state index contributed by atoms with van der Waals surface area (Å²) >= 11 is 0. The van der Waals surface area contributed by atoms with Gasteiger partial charge in [-0.05, 0) is 42.8 Å². The molecule has 0 unspecified atom stereocenters. The number of nitrogens with one attached hydrogen (secondary N) is 1. The van der Waals surface area contributed by atoms with Gasteiger partial charge in [0.05, 0.1) is 12.8 Å². The number of aliphatic imine (C=N–C) groups is 1. The molecule has 1 amide bonds. The highest BCUT2D eigenvalue weighted by Crippen LogP contribution is 2.38. The van der Waals surface area contributed by atoms with Gasteiger partial charge in [-0.1, -0.05) is 12.1 Å². The highest BCUT2D eigenvalue weighted by molar-refractivity contribution is 5.99. The van der Waals surface area contributed by atoms with Gasteiger partial charge in [-0.2, -0.15) is 0 Å². The van der Waals surface area contributed by atoms with E-state index < -0.39 is 0 Å². The van der Waals surface area contributed by atoms with E-state index in [0.29, 0.717) is 41.4 Å². The largest absolute Gasteiger partial charge is 0.496 e. The van der Waals surface area contributed by atoms with E-state index >= 15 is 0 Å². The number of nitrogens with two attached hydrogens (primary N) is 1. The molecular weight excluding hydrogens is 342 g/mol. The Kier molecular flexibility index (Phi) is 5.35. The molecule has 0 bridgehead atoms. The molecule has 0 aromatic heterocycles. The molecule has 1 heterocycles. The maximum atomic E-state index is 11.9. The third-order valence-electron chi connectivity index (χ3n) is 4.29. The lowest BCUT2D eigenvalue weighted by molar-refractivity contribution is -0.104. The number of ether oxygens (including phenoxy) is 1. The van der Waals surface area contributed by atoms with Gasteiger partial charge in [0, 0.05) is 35.2 Å². The topological polar surface area (TPSA) is 93.8 Å². The van der Waals surface area contributed by atoms with E-state index in [-0.39, 0.29) is 5.91 Å². The van der Waals surface area contributed by atoms with E-state index in [1.807, 2.05) is 31.2 Å². The minimum absolute atomic E-state index is 0.109. The molecule has 6 heteroatoms. The second kappa shape index (κ2) is 7.86. The molecule has 1 aliphatic heterocycles. The van der Waals surface area contributed by atoms with Crippen LogP contribution in [0.25, 0.3) is 17.2 Å². The Bertz CT molecular complexity index is 944. The molecular formula is C21H21N3O3. The van der Waals surface area contributed by atoms with Crippen LogP contribution in [-0.2, 0) is 4.79 Å². The number of amides is 1. The number of nitrogens with zero attached hydrogens (tertiary/aromatic N) is 1. The van der Waals surface area contributed by atoms with Gasteiger partial charge in [-0.3, -0.25) is 9.59 Å². The zero-order valence-electron chi connectivity index (χ0n) is 15.3. The van der Waals surface area contributed by atoms with E-state index in [0.717, 1.165) is 23.0 Å². The third-order valence-corrected chi connectivity index (χ3v) is 4.29. The highest BCUT2D eigenvalue weighted by atomic mass is 16.5. The number of amidine groups is 1. The number of carbonyl (C=O) groups excluding carboxylic acids is 2. The summed E-state index contributed by atoms with van der Waals surface area (Å²) in [5.41, 5.74) is 10.3. The van der Waals surface area contributed by atoms with Gasteiger partial charge >= 0.3 is 0 Å². The number of benzene rings is 2. The second-order valence-electron chi connectivity index (χ2n) is 6.17. The van der Waals surface area contributed by atoms with Crippen LogP contribution in [0.1, 0.15) is 29.3 Å². The van der Waals surface area contributed by atoms with Crippen molar-refractivity contribution in [3.05, 3.63) is 53.1 Å². The molecule has 0 spiro atoms. The molecule has 1 aliphatic rings. The third kappa shape index (κ3) is 3.89. The Hall–Kier alpha value is -3.41. The maximum absolute atomic E-state index is 11.9. The molecule has 0 saturated carbocycles. The van der Waals surface area contributed by atoms with Crippen LogP contribution in [0.4, 0.5) is 5.69 Å². The summed E-state index contributed by atoms with van der Waals surface area (Å²) in [4.78, 5) is 27.6. The van der Waals surface area contributed by atoms with Crippen molar-refractivity contribution in [2.45, 2.75) is 13.3 Å². The Morgan fingerprint density at radius 3 is 2.67 bits per heavy atom. The average molecular weight is 363 g/mol. The van der Waals surface area contributed by atoms with Crippen molar-refractivity contribution in [2.75, 3.05) is 13.7 Å². The SMILES string of the molecule is CCNC(=O)c1ccc(-c2cc3c(cc2OC)C=C(C=O)CC(N)=N3)cc1. The van der Waals surface area contributed by atoms with E-state index in [2.05, 4.69) is 10.3 Å². The minimum atomic E-state index is -0.109. The van der Waals surface area contributed by atoms with Crippen molar-refractivity contribution < 1.29 is 14.3 Å². The summed E-state index contributed by atoms with van der Waals surface area (Å²) in [6.45, 7) is 2.46. The molecule has 138 valence electrons. The van der Waals surface area contributed by atoms with Gasteiger partial charge in [0.2, 0.25) is 0 Å². The molecule has 0 atom stereocenters. The Morgan fingerprint density at radius 1 is 1.30 bits per heavy atom. The molecule has 2 aromatic rings. The predicted octanol–water partition coefficient (Wildman–Crippen LogP) is 3.09. The zero-order valence-corrected chi connectivity index (χ0v) is 15.3. The monoisotopic (exact) mass is 363 g/mol. The van der Waals surface area contributed by atoms with Crippen LogP contribution in [-0.4, -0.2) is 31.7 Å². The molecule has 3 rings (SSSR count). The van der Waals surface area contributed by atoms with Gasteiger partial charge in [0.1, 0.15) is 17.9 Å². The van der Waals surface area contributed by atoms with Crippen molar-refractivity contribution >= 4 is 29.8 Å². The fourth-order valence-electron chi connectivity index (χ4n) is 2.98. The van der Waals surface area contributed by atoms with Crippen molar-refractivity contribution in [1.29, 1.82) is 0 Å². The van der Waals surface area contributed by atoms with Crippen LogP contribution in [0.5, 0.6) is 5.75 Å². The summed E-state index contributed by atoms with van der Waals surface area (Å²) < 4.78 is 5.54. The summed E-state index contributed by atoms with van der Waals surface area (Å²) in [7, 11) is 1.59. The number of hydrogen-bond acceptors (Lipinski definition) is 5. The first kappa shape index (κ1) is 18.4. The summed E-state index contributed by atoms with van der Waals surface area (Å²) in [5, 5.41) is 2.78. The lowest BCUT2D eigenvalue weighted by Gasteiger charge is -2.13. The number of carbonyl (C=O) groups is 2. The summed E-state index contributed by atoms with van der Waals surface area (Å²) in [6, 6.07) is 11.0. The van der Waals surface area contributed by atoms with Gasteiger partial charge in [0.15, 0.2) is 0 Å². The van der Waals surface area contributed by atoms with Crippen LogP contribution in [0.15, 0.2) is 47.0 Å². The lowest BCUT2D eigenvalue weighted by Crippen LogP contribution is -2.22. The minimum Gasteiger partial charge on any atom is -0.496 e. The van der Waals surface area contributed by atoms with E-state index in [1.54, 1.807) is 25.3 Å². The first-order chi connectivity index (χ1) is 13.0. The first-order valence-electron chi connectivity index (χ1n) is 8.65. The fraction of sp³-hybridized carbons (Fsp3) is 0.190. The fourth-order valence-corrected chi connectivity index (χ4v) is 2.98. The van der Waals surface area contributed by atoms with Crippen molar-refractivity contribution in [3.63, 3.8) is 0 Å². The smallest absolute Gasteiger partial charge is 0.251 e. The van der Waals surface area contributed by atoms with Crippen molar-refractivity contribution in [3.8, 4) is 16.9 Å². The second-order valence-corrected chi connectivity index (χ2v) is 6.17. The van der Waals surface area contributed by atoms with Crippen LogP contribution in [0.2, 0.25) is 0 Å². The standard InChI is InChI=1S/C21H21N3O3/c1-3-23-21(26)15-6-4-14(5-7-15)17-11-18-16(10-19(17)27-2)8-13(12-25)9-20(22)24-18/h4-8,10-12H,3,9H2,1-2H3,(H2,22,24)(H,23,26). The number of fused-ring (bicyclic) bond motifs is 1. The Labute approximate surface area is 157 Å². The van der Waals surface area contributed by atoms with Crippen molar-refractivity contribution in [2.24, 2.45) is 10.7 Å². The lowest BCUT2D eigenvalue weighted by atomic mass is 9.99. The molecule has 0 aliphatic carbocycles. The Morgan fingerprint density at radius 2 is 2.04 bits per heavy atom. The average Bonchev–Trinajstić information content (AvgIpc) is 2.84. The summed E-state index contributed by atoms with van der Waals surface area (Å²) in [5.74, 6) is 0.924. The number of hydrogen-bond donors (Lipinski definition) is 2. The molecule has 27 heavy (non-hydrogen) atoms. The maximum Gasteiger partial charge on any atom is 0.251 e. The van der Waals surface area contributed by atoms with E-state index in [1.165, 1.54) is 0 Å². The van der Waals surface area contributed by atoms with Gasteiger partial charge < -0.3 is 15.8 Å². The summed E-state index contributed by atoms with van der Waals surface area (Å²) in [6.07, 6.45) is 2.88. The van der Waals surface area contributed by atoms with Crippen LogP contribution in [0.3, 0.4) is 0 Å². The first-order valence-corrected chi connectivity index (χ1v) is 8.65. The van der Waals surface area contributed by atoms with Gasteiger partial charge in [0.25, 0.3) is 5.91 Å². The van der Waals surface area contributed by atoms with E-state index in [4.69, 9.17) is 10.5 Å². The number of rotatable bonds is 5. The molecule has 6 nitrogen and oxygen atoms in total. The Balaban J connectivity index is 2.07. The number of aldehydes is 1. The van der Waals surface area contributed by atoms with Gasteiger partial charge in [-0.15, -0.1) is 0 Å². The van der Waals surface area contributed by atoms with E-state index in [9.17, 15) is 9.59 Å². The number of methoxy groups -OCH3 is 1. The quantitative estimate of drug-likeness (QED) is 0.798. The predicted molar refractivity (Wildman–Crippen MR) is 106 cm³/mol. The van der Waals surface area contributed by atoms with Crippen LogP contribution in [0, 0.1) is 0 Å². The van der Waals surface area contributed by atoms with Crippen LogP contribution < -0.4 is 15.8 Å². The normalized spacial score (nSPS) is 13.0. The molecule has 0 saturated heterocycles. The molecule has 0 fully saturated rings. The van der Waals surface area contributed by atoms with Crippen molar-refractivity contribution in [1.82, 2.24) is 5.32 Å².